The van der Waals surface area contributed by atoms with Gasteiger partial charge in [-0.25, -0.2) is 0 Å². The largest absolute Gasteiger partial charge is 0.462 e. The third-order valence-corrected chi connectivity index (χ3v) is 8.11. The molecule has 0 bridgehead atoms. The van der Waals surface area contributed by atoms with Crippen molar-refractivity contribution < 1.29 is 38.4 Å². The van der Waals surface area contributed by atoms with Gasteiger partial charge >= 0.3 is 17.9 Å². The first-order chi connectivity index (χ1) is 15.1. The molecule has 0 aromatic heterocycles. The van der Waals surface area contributed by atoms with Gasteiger partial charge in [0.2, 0.25) is 0 Å². The summed E-state index contributed by atoms with van der Waals surface area (Å²) in [5, 5.41) is 11.3. The number of carbonyl (C=O) groups is 3. The lowest BCUT2D eigenvalue weighted by Gasteiger charge is -2.44. The highest BCUT2D eigenvalue weighted by atomic mass is 16.6. The average Bonchev–Trinajstić information content (AvgIpc) is 3.10. The van der Waals surface area contributed by atoms with E-state index in [2.05, 4.69) is 4.90 Å². The molecule has 180 valence electrons. The van der Waals surface area contributed by atoms with Crippen molar-refractivity contribution in [1.82, 2.24) is 4.90 Å². The van der Waals surface area contributed by atoms with Gasteiger partial charge in [0, 0.05) is 57.2 Å². The zero-order valence-electron chi connectivity index (χ0n) is 19.3. The molecule has 1 N–H and O–H groups in total. The van der Waals surface area contributed by atoms with Gasteiger partial charge in [-0.05, 0) is 12.3 Å². The highest BCUT2D eigenvalue weighted by molar-refractivity contribution is 5.76. The number of nitrogens with zero attached hydrogens (tertiary/aromatic N) is 1. The van der Waals surface area contributed by atoms with Crippen LogP contribution in [0.5, 0.6) is 0 Å². The Bertz CT molecular complexity index is 752. The molecule has 0 spiro atoms. The molecule has 2 heterocycles. The lowest BCUT2D eigenvalue weighted by molar-refractivity contribution is -0.174. The first kappa shape index (κ1) is 23.4. The van der Waals surface area contributed by atoms with E-state index in [0.717, 1.165) is 13.1 Å². The molecule has 9 nitrogen and oxygen atoms in total. The SMILES string of the molecule is CC(=O)O[C@H]1C[C@H](O)[C@]2(C)[C@H]1[C@H](C)C[C@@H]1OC(=O)[C@@H](CN3CCOCC3)[C@H]1[C@@H]2OC(C)=O. The molecule has 9 heteroatoms. The standard InChI is InChI=1S/C23H35NO8/c1-12-9-16-19(15(22(28)32-16)11-24-5-7-29-8-6-24)21(31-14(3)26)23(4)18(27)10-17(20(12)23)30-13(2)25/h12,15-21,27H,5-11H2,1-4H3/t12-,15+,16+,17+,18+,19-,20+,21+,23-/m1/s1. The molecule has 2 saturated heterocycles. The molecule has 2 aliphatic carbocycles. The van der Waals surface area contributed by atoms with Gasteiger partial charge < -0.3 is 24.1 Å². The van der Waals surface area contributed by atoms with Crippen LogP contribution in [-0.4, -0.2) is 85.2 Å². The fourth-order valence-corrected chi connectivity index (χ4v) is 6.85. The zero-order valence-corrected chi connectivity index (χ0v) is 19.3. The Morgan fingerprint density at radius 3 is 2.44 bits per heavy atom. The van der Waals surface area contributed by atoms with E-state index < -0.39 is 47.7 Å². The van der Waals surface area contributed by atoms with Crippen molar-refractivity contribution in [2.75, 3.05) is 32.8 Å². The second-order valence-electron chi connectivity index (χ2n) is 10.1. The van der Waals surface area contributed by atoms with E-state index >= 15 is 0 Å². The van der Waals surface area contributed by atoms with Gasteiger partial charge in [0.15, 0.2) is 0 Å². The second-order valence-corrected chi connectivity index (χ2v) is 10.1. The number of aliphatic hydroxyl groups is 1. The van der Waals surface area contributed by atoms with Gasteiger partial charge in [-0.2, -0.15) is 0 Å². The molecule has 0 amide bonds. The van der Waals surface area contributed by atoms with Crippen molar-refractivity contribution in [3.05, 3.63) is 0 Å². The molecule has 0 unspecified atom stereocenters. The summed E-state index contributed by atoms with van der Waals surface area (Å²) in [6.45, 7) is 9.84. The number of rotatable bonds is 4. The maximum absolute atomic E-state index is 13.0. The predicted molar refractivity (Wildman–Crippen MR) is 111 cm³/mol. The van der Waals surface area contributed by atoms with E-state index in [1.165, 1.54) is 13.8 Å². The fourth-order valence-electron chi connectivity index (χ4n) is 6.85. The van der Waals surface area contributed by atoms with Crippen molar-refractivity contribution in [3.63, 3.8) is 0 Å². The Morgan fingerprint density at radius 1 is 1.16 bits per heavy atom. The minimum Gasteiger partial charge on any atom is -0.462 e. The summed E-state index contributed by atoms with van der Waals surface area (Å²) in [7, 11) is 0. The molecule has 4 rings (SSSR count). The lowest BCUT2D eigenvalue weighted by Crippen LogP contribution is -2.53. The first-order valence-corrected chi connectivity index (χ1v) is 11.7. The molecular weight excluding hydrogens is 418 g/mol. The van der Waals surface area contributed by atoms with Gasteiger partial charge in [-0.1, -0.05) is 13.8 Å². The van der Waals surface area contributed by atoms with Crippen LogP contribution in [-0.2, 0) is 33.3 Å². The van der Waals surface area contributed by atoms with Crippen molar-refractivity contribution in [3.8, 4) is 0 Å². The number of esters is 3. The van der Waals surface area contributed by atoms with Crippen LogP contribution in [0.15, 0.2) is 0 Å². The number of hydrogen-bond donors (Lipinski definition) is 1. The molecule has 0 radical (unpaired) electrons. The smallest absolute Gasteiger partial charge is 0.311 e. The van der Waals surface area contributed by atoms with Crippen LogP contribution < -0.4 is 0 Å². The highest BCUT2D eigenvalue weighted by Crippen LogP contribution is 2.59. The maximum Gasteiger partial charge on any atom is 0.311 e. The number of ether oxygens (including phenoxy) is 4. The molecule has 0 aromatic rings. The van der Waals surface area contributed by atoms with Crippen molar-refractivity contribution in [2.24, 2.45) is 29.1 Å². The average molecular weight is 454 g/mol. The Hall–Kier alpha value is -1.71. The van der Waals surface area contributed by atoms with Crippen molar-refractivity contribution in [2.45, 2.75) is 65.0 Å². The molecular formula is C23H35NO8. The minimum absolute atomic E-state index is 0.00973. The summed E-state index contributed by atoms with van der Waals surface area (Å²) >= 11 is 0. The van der Waals surface area contributed by atoms with Crippen LogP contribution >= 0.6 is 0 Å². The number of fused-ring (bicyclic) bond motifs is 2. The summed E-state index contributed by atoms with van der Waals surface area (Å²) in [5.74, 6) is -2.22. The summed E-state index contributed by atoms with van der Waals surface area (Å²) < 4.78 is 22.8. The molecule has 32 heavy (non-hydrogen) atoms. The quantitative estimate of drug-likeness (QED) is 0.487. The summed E-state index contributed by atoms with van der Waals surface area (Å²) in [4.78, 5) is 39.2. The van der Waals surface area contributed by atoms with Crippen LogP contribution in [0.3, 0.4) is 0 Å². The number of hydrogen-bond acceptors (Lipinski definition) is 9. The Morgan fingerprint density at radius 2 is 1.81 bits per heavy atom. The summed E-state index contributed by atoms with van der Waals surface area (Å²) in [6, 6.07) is 0. The van der Waals surface area contributed by atoms with Gasteiger partial charge in [0.25, 0.3) is 0 Å². The van der Waals surface area contributed by atoms with Crippen LogP contribution in [0.1, 0.15) is 40.5 Å². The molecule has 2 aliphatic heterocycles. The highest BCUT2D eigenvalue weighted by Gasteiger charge is 2.67. The zero-order chi connectivity index (χ0) is 23.2. The van der Waals surface area contributed by atoms with Crippen LogP contribution in [0.2, 0.25) is 0 Å². The normalized spacial score (nSPS) is 44.2. The number of morpholine rings is 1. The van der Waals surface area contributed by atoms with Crippen molar-refractivity contribution >= 4 is 17.9 Å². The Kier molecular flexibility index (Phi) is 6.53. The third-order valence-electron chi connectivity index (χ3n) is 8.11. The van der Waals surface area contributed by atoms with Gasteiger partial charge in [0.05, 0.1) is 25.2 Å². The van der Waals surface area contributed by atoms with Crippen molar-refractivity contribution in [1.29, 1.82) is 0 Å². The first-order valence-electron chi connectivity index (χ1n) is 11.7. The Labute approximate surface area is 188 Å². The van der Waals surface area contributed by atoms with Crippen LogP contribution in [0.25, 0.3) is 0 Å². The molecule has 4 fully saturated rings. The third kappa shape index (κ3) is 4.03. The molecule has 9 atom stereocenters. The monoisotopic (exact) mass is 453 g/mol. The number of aliphatic hydroxyl groups excluding tert-OH is 1. The van der Waals surface area contributed by atoms with Gasteiger partial charge in [-0.3, -0.25) is 19.3 Å². The summed E-state index contributed by atoms with van der Waals surface area (Å²) in [6.07, 6.45) is -1.62. The fraction of sp³-hybridized carbons (Fsp3) is 0.870. The van der Waals surface area contributed by atoms with Gasteiger partial charge in [-0.15, -0.1) is 0 Å². The van der Waals surface area contributed by atoms with E-state index in [-0.39, 0.29) is 30.1 Å². The van der Waals surface area contributed by atoms with E-state index in [0.29, 0.717) is 26.2 Å². The molecule has 2 saturated carbocycles. The topological polar surface area (TPSA) is 112 Å². The number of carbonyl (C=O) groups excluding carboxylic acids is 3. The van der Waals surface area contributed by atoms with E-state index in [4.69, 9.17) is 18.9 Å². The second kappa shape index (κ2) is 8.91. The van der Waals surface area contributed by atoms with E-state index in [1.807, 2.05) is 13.8 Å². The molecule has 0 aromatic carbocycles. The predicted octanol–water partition coefficient (Wildman–Crippen LogP) is 0.767. The van der Waals surface area contributed by atoms with Crippen LogP contribution in [0.4, 0.5) is 0 Å². The summed E-state index contributed by atoms with van der Waals surface area (Å²) in [5.41, 5.74) is -0.873. The van der Waals surface area contributed by atoms with Crippen LogP contribution in [0, 0.1) is 29.1 Å². The molecule has 4 aliphatic rings. The van der Waals surface area contributed by atoms with E-state index in [9.17, 15) is 19.5 Å². The Balaban J connectivity index is 1.72. The maximum atomic E-state index is 13.0. The lowest BCUT2D eigenvalue weighted by atomic mass is 9.66. The van der Waals surface area contributed by atoms with Gasteiger partial charge in [0.1, 0.15) is 18.3 Å². The van der Waals surface area contributed by atoms with E-state index in [1.54, 1.807) is 0 Å². The minimum atomic E-state index is -0.873.